The fourth-order valence-electron chi connectivity index (χ4n) is 1.81. The van der Waals surface area contributed by atoms with Crippen molar-refractivity contribution in [2.24, 2.45) is 0 Å². The van der Waals surface area contributed by atoms with Gasteiger partial charge in [-0.1, -0.05) is 20.8 Å². The van der Waals surface area contributed by atoms with Crippen LogP contribution in [-0.4, -0.2) is 16.3 Å². The zero-order chi connectivity index (χ0) is 18.4. The topological polar surface area (TPSA) is 43.4 Å². The molecule has 3 nitrogen and oxygen atoms in total. The Morgan fingerprint density at radius 3 is 1.74 bits per heavy atom. The van der Waals surface area contributed by atoms with Gasteiger partial charge in [-0.05, 0) is 13.8 Å². The molecule has 0 aliphatic heterocycles. The van der Waals surface area contributed by atoms with Crippen LogP contribution in [0, 0.1) is 23.3 Å². The van der Waals surface area contributed by atoms with Crippen molar-refractivity contribution in [3.8, 4) is 5.75 Å². The van der Waals surface area contributed by atoms with Crippen LogP contribution in [0.2, 0.25) is 0 Å². The molecule has 1 aromatic rings. The van der Waals surface area contributed by atoms with Gasteiger partial charge in [-0.25, -0.2) is 8.78 Å². The molecule has 23 heavy (non-hydrogen) atoms. The van der Waals surface area contributed by atoms with Crippen molar-refractivity contribution in [1.82, 2.24) is 0 Å². The second-order valence-corrected chi connectivity index (χ2v) is 9.97. The molecule has 0 aromatic heterocycles. The maximum absolute atomic E-state index is 14.6. The third-order valence-corrected chi connectivity index (χ3v) is 6.69. The van der Waals surface area contributed by atoms with Gasteiger partial charge in [-0.3, -0.25) is 9.36 Å². The summed E-state index contributed by atoms with van der Waals surface area (Å²) in [5, 5.41) is -3.74. The molecule has 1 aromatic carbocycles. The fourth-order valence-corrected chi connectivity index (χ4v) is 3.77. The van der Waals surface area contributed by atoms with E-state index in [2.05, 4.69) is 4.74 Å². The summed E-state index contributed by atoms with van der Waals surface area (Å²) in [6.07, 6.45) is 0. The highest BCUT2D eigenvalue weighted by molar-refractivity contribution is 7.62. The van der Waals surface area contributed by atoms with Crippen molar-refractivity contribution in [3.05, 3.63) is 29.3 Å². The van der Waals surface area contributed by atoms with E-state index in [-0.39, 0.29) is 6.07 Å². The van der Waals surface area contributed by atoms with E-state index in [0.29, 0.717) is 0 Å². The summed E-state index contributed by atoms with van der Waals surface area (Å²) >= 11 is 0. The molecule has 0 bridgehead atoms. The lowest BCUT2D eigenvalue weighted by atomic mass is 10.2. The minimum absolute atomic E-state index is 0.0671. The largest absolute Gasteiger partial charge is 0.419 e. The normalized spacial score (nSPS) is 15.2. The highest BCUT2D eigenvalue weighted by Gasteiger charge is 2.55. The molecule has 0 aliphatic rings. The van der Waals surface area contributed by atoms with Crippen molar-refractivity contribution in [2.45, 2.75) is 44.9 Å². The van der Waals surface area contributed by atoms with Crippen LogP contribution in [0.3, 0.4) is 0 Å². The van der Waals surface area contributed by atoms with Gasteiger partial charge in [-0.15, -0.1) is 0 Å². The number of hydrogen-bond donors (Lipinski definition) is 0. The highest BCUT2D eigenvalue weighted by Crippen LogP contribution is 2.68. The van der Waals surface area contributed by atoms with Gasteiger partial charge in [0.05, 0.1) is 0 Å². The Labute approximate surface area is 130 Å². The quantitative estimate of drug-likeness (QED) is 0.252. The molecule has 1 atom stereocenters. The van der Waals surface area contributed by atoms with E-state index in [4.69, 9.17) is 0 Å². The van der Waals surface area contributed by atoms with E-state index < -0.39 is 52.8 Å². The van der Waals surface area contributed by atoms with Crippen LogP contribution in [0.25, 0.3) is 0 Å². The van der Waals surface area contributed by atoms with Gasteiger partial charge in [0.15, 0.2) is 11.6 Å². The van der Waals surface area contributed by atoms with Crippen molar-refractivity contribution in [3.63, 3.8) is 0 Å². The first kappa shape index (κ1) is 19.6. The molecule has 1 unspecified atom stereocenters. The van der Waals surface area contributed by atoms with Crippen LogP contribution < -0.4 is 4.74 Å². The van der Waals surface area contributed by atoms with Gasteiger partial charge in [0.2, 0.25) is 17.4 Å². The first-order chi connectivity index (χ1) is 10.1. The predicted molar refractivity (Wildman–Crippen MR) is 74.5 cm³/mol. The molecule has 0 N–H and O–H groups in total. The summed E-state index contributed by atoms with van der Waals surface area (Å²) in [6.45, 7) is 5.66. The van der Waals surface area contributed by atoms with E-state index in [1.54, 1.807) is 0 Å². The molecular formula is C14H16F5O3P. The Morgan fingerprint density at radius 1 is 1.00 bits per heavy atom. The molecule has 0 saturated carbocycles. The molecular weight excluding hydrogens is 342 g/mol. The molecule has 130 valence electrons. The second kappa shape index (κ2) is 5.89. The van der Waals surface area contributed by atoms with E-state index >= 15 is 0 Å². The van der Waals surface area contributed by atoms with Gasteiger partial charge >= 0.3 is 5.97 Å². The summed E-state index contributed by atoms with van der Waals surface area (Å²) < 4.78 is 84.4. The maximum atomic E-state index is 14.6. The first-order valence-electron chi connectivity index (χ1n) is 6.49. The zero-order valence-electron chi connectivity index (χ0n) is 13.1. The fraction of sp³-hybridized carbons (Fsp3) is 0.500. The van der Waals surface area contributed by atoms with E-state index in [0.717, 1.165) is 13.8 Å². The Bertz CT molecular complexity index is 668. The number of carbonyl (C=O) groups excluding carboxylic acids is 1. The van der Waals surface area contributed by atoms with Crippen molar-refractivity contribution in [1.29, 1.82) is 0 Å². The van der Waals surface area contributed by atoms with Crippen LogP contribution in [0.5, 0.6) is 5.75 Å². The third kappa shape index (κ3) is 3.27. The summed E-state index contributed by atoms with van der Waals surface area (Å²) in [7, 11) is -4.73. The number of halogens is 5. The minimum atomic E-state index is -4.73. The highest BCUT2D eigenvalue weighted by atomic mass is 31.2. The lowest BCUT2D eigenvalue weighted by molar-refractivity contribution is -0.137. The van der Waals surface area contributed by atoms with Crippen LogP contribution >= 0.6 is 7.45 Å². The van der Waals surface area contributed by atoms with Gasteiger partial charge in [0, 0.05) is 11.2 Å². The van der Waals surface area contributed by atoms with Crippen molar-refractivity contribution < 1.29 is 35.9 Å². The van der Waals surface area contributed by atoms with Crippen LogP contribution in [0.4, 0.5) is 21.8 Å². The van der Waals surface area contributed by atoms with Gasteiger partial charge in [-0.2, -0.15) is 13.0 Å². The van der Waals surface area contributed by atoms with Gasteiger partial charge < -0.3 is 4.74 Å². The van der Waals surface area contributed by atoms with Gasteiger partial charge in [0.1, 0.15) is 5.16 Å². The number of hydrogen-bond acceptors (Lipinski definition) is 3. The smallest absolute Gasteiger partial charge is 0.327 e. The Kier molecular flexibility index (Phi) is 5.02. The molecule has 1 rings (SSSR count). The summed E-state index contributed by atoms with van der Waals surface area (Å²) in [5.74, 6) is -10.7. The number of ether oxygens (including phenoxy) is 1. The summed E-state index contributed by atoms with van der Waals surface area (Å²) in [4.78, 5) is 12.0. The third-order valence-electron chi connectivity index (χ3n) is 3.35. The van der Waals surface area contributed by atoms with E-state index in [1.807, 2.05) is 0 Å². The first-order valence-corrected chi connectivity index (χ1v) is 8.09. The van der Waals surface area contributed by atoms with E-state index in [1.165, 1.54) is 20.8 Å². The molecule has 0 amide bonds. The number of carbonyl (C=O) groups is 1. The van der Waals surface area contributed by atoms with Gasteiger partial charge in [0.25, 0.3) is 7.45 Å². The standard InChI is InChI=1S/C14H16F5O3P/c1-13(2,3)23(19,21)14(4,5)12(20)22-11-9(17)7(15)6-8(16)10(11)18/h6H,1-5H3. The second-order valence-electron chi connectivity index (χ2n) is 6.45. The molecule has 0 spiro atoms. The number of esters is 1. The minimum Gasteiger partial charge on any atom is -0.419 e. The SMILES string of the molecule is CC(C)(C)P(=O)(F)C(C)(C)C(=O)Oc1c(F)c(F)cc(F)c1F. The molecule has 0 radical (unpaired) electrons. The van der Waals surface area contributed by atoms with Crippen LogP contribution in [0.15, 0.2) is 6.07 Å². The monoisotopic (exact) mass is 358 g/mol. The number of rotatable bonds is 3. The molecule has 0 aliphatic carbocycles. The van der Waals surface area contributed by atoms with Crippen LogP contribution in [-0.2, 0) is 9.36 Å². The Morgan fingerprint density at radius 2 is 1.39 bits per heavy atom. The lowest BCUT2D eigenvalue weighted by Crippen LogP contribution is -2.39. The average Bonchev–Trinajstić information content (AvgIpc) is 2.39. The summed E-state index contributed by atoms with van der Waals surface area (Å²) in [5.41, 5.74) is 0. The summed E-state index contributed by atoms with van der Waals surface area (Å²) in [6, 6.07) is -0.0671. The van der Waals surface area contributed by atoms with Crippen molar-refractivity contribution in [2.75, 3.05) is 0 Å². The Hall–Kier alpha value is -1.43. The maximum Gasteiger partial charge on any atom is 0.327 e. The van der Waals surface area contributed by atoms with Crippen LogP contribution in [0.1, 0.15) is 34.6 Å². The molecule has 0 heterocycles. The van der Waals surface area contributed by atoms with E-state index in [9.17, 15) is 31.1 Å². The molecule has 9 heteroatoms. The molecule has 0 saturated heterocycles. The average molecular weight is 358 g/mol. The number of benzene rings is 1. The Balaban J connectivity index is 3.32. The predicted octanol–water partition coefficient (Wildman–Crippen LogP) is 4.97. The molecule has 0 fully saturated rings. The lowest BCUT2D eigenvalue weighted by Gasteiger charge is -2.34. The zero-order valence-corrected chi connectivity index (χ0v) is 14.0. The van der Waals surface area contributed by atoms with Crippen molar-refractivity contribution >= 4 is 13.4 Å².